The van der Waals surface area contributed by atoms with Crippen molar-refractivity contribution in [1.29, 1.82) is 0 Å². The van der Waals surface area contributed by atoms with Crippen molar-refractivity contribution >= 4 is 11.9 Å². The number of ether oxygens (including phenoxy) is 2. The molecule has 0 amide bonds. The number of aryl methyl sites for hydroxylation is 1. The van der Waals surface area contributed by atoms with Crippen molar-refractivity contribution in [3.05, 3.63) is 41.8 Å². The molecule has 0 atom stereocenters. The Labute approximate surface area is 126 Å². The summed E-state index contributed by atoms with van der Waals surface area (Å²) >= 11 is 0. The van der Waals surface area contributed by atoms with E-state index in [4.69, 9.17) is 9.47 Å². The van der Waals surface area contributed by atoms with Crippen LogP contribution in [0.25, 0.3) is 0 Å². The molecule has 4 heteroatoms. The maximum Gasteiger partial charge on any atom is 0.323 e. The third kappa shape index (κ3) is 4.59. The summed E-state index contributed by atoms with van der Waals surface area (Å²) in [6, 6.07) is 7.87. The fourth-order valence-electron chi connectivity index (χ4n) is 1.86. The van der Waals surface area contributed by atoms with E-state index in [2.05, 4.69) is 0 Å². The first kappa shape index (κ1) is 17.2. The van der Waals surface area contributed by atoms with Gasteiger partial charge in [-0.25, -0.2) is 0 Å². The monoisotopic (exact) mass is 291 g/mol. The summed E-state index contributed by atoms with van der Waals surface area (Å²) in [6.45, 7) is 7.47. The lowest BCUT2D eigenvalue weighted by atomic mass is 9.84. The van der Waals surface area contributed by atoms with Gasteiger partial charge in [-0.15, -0.1) is 0 Å². The van der Waals surface area contributed by atoms with Crippen LogP contribution in [0.5, 0.6) is 0 Å². The van der Waals surface area contributed by atoms with Crippen molar-refractivity contribution in [2.75, 3.05) is 13.2 Å². The zero-order valence-corrected chi connectivity index (χ0v) is 13.1. The topological polar surface area (TPSA) is 52.6 Å². The largest absolute Gasteiger partial charge is 0.465 e. The molecular weight excluding hydrogens is 268 g/mol. The van der Waals surface area contributed by atoms with Crippen LogP contribution in [0.4, 0.5) is 0 Å². The first-order chi connectivity index (χ1) is 9.93. The van der Waals surface area contributed by atoms with E-state index in [0.717, 1.165) is 11.1 Å². The number of benzene rings is 1. The Bertz CT molecular complexity index is 458. The first-order valence-corrected chi connectivity index (χ1v) is 7.18. The Kier molecular flexibility index (Phi) is 6.40. The average Bonchev–Trinajstić information content (AvgIpc) is 2.46. The molecular formula is C17H23O4. The lowest BCUT2D eigenvalue weighted by molar-refractivity contribution is -0.170. The molecule has 1 aromatic carbocycles. The summed E-state index contributed by atoms with van der Waals surface area (Å²) in [7, 11) is 0. The molecule has 115 valence electrons. The molecule has 0 N–H and O–H groups in total. The second-order valence-corrected chi connectivity index (χ2v) is 5.09. The molecule has 0 bridgehead atoms. The van der Waals surface area contributed by atoms with Crippen molar-refractivity contribution in [3.8, 4) is 0 Å². The highest BCUT2D eigenvalue weighted by Gasteiger charge is 2.43. The molecule has 0 spiro atoms. The van der Waals surface area contributed by atoms with Crippen LogP contribution in [-0.4, -0.2) is 25.2 Å². The molecule has 0 aliphatic rings. The van der Waals surface area contributed by atoms with E-state index < -0.39 is 17.4 Å². The van der Waals surface area contributed by atoms with Crippen LogP contribution in [-0.2, 0) is 19.1 Å². The maximum absolute atomic E-state index is 12.1. The Hall–Kier alpha value is -1.84. The summed E-state index contributed by atoms with van der Waals surface area (Å²) in [5, 5.41) is 0. The van der Waals surface area contributed by atoms with Gasteiger partial charge in [0.15, 0.2) is 5.41 Å². The fraction of sp³-hybridized carbons (Fsp3) is 0.471. The highest BCUT2D eigenvalue weighted by Crippen LogP contribution is 2.28. The van der Waals surface area contributed by atoms with Gasteiger partial charge in [0.05, 0.1) is 13.2 Å². The van der Waals surface area contributed by atoms with E-state index in [0.29, 0.717) is 0 Å². The molecule has 4 nitrogen and oxygen atoms in total. The van der Waals surface area contributed by atoms with Crippen LogP contribution in [0, 0.1) is 18.8 Å². The molecule has 0 aliphatic carbocycles. The third-order valence-electron chi connectivity index (χ3n) is 3.28. The van der Waals surface area contributed by atoms with E-state index in [1.54, 1.807) is 20.8 Å². The lowest BCUT2D eigenvalue weighted by Gasteiger charge is -2.24. The zero-order valence-electron chi connectivity index (χ0n) is 13.1. The van der Waals surface area contributed by atoms with Gasteiger partial charge >= 0.3 is 11.9 Å². The van der Waals surface area contributed by atoms with Crippen LogP contribution in [0.3, 0.4) is 0 Å². The molecule has 0 aliphatic heterocycles. The average molecular weight is 291 g/mol. The molecule has 0 aromatic heterocycles. The molecule has 0 saturated carbocycles. The zero-order chi connectivity index (χ0) is 15.9. The van der Waals surface area contributed by atoms with Gasteiger partial charge in [0, 0.05) is 0 Å². The van der Waals surface area contributed by atoms with E-state index in [-0.39, 0.29) is 19.6 Å². The van der Waals surface area contributed by atoms with Gasteiger partial charge in [0.1, 0.15) is 0 Å². The number of hydrogen-bond donors (Lipinski definition) is 0. The molecule has 0 fully saturated rings. The summed E-state index contributed by atoms with van der Waals surface area (Å²) in [4.78, 5) is 24.2. The number of hydrogen-bond acceptors (Lipinski definition) is 4. The standard InChI is InChI=1S/C17H23O4/c1-5-20-15(18)17(4,16(19)21-6-2)12-11-14-9-7-13(3)8-10-14/h7-11H,5-6,12H2,1-4H3. The van der Waals surface area contributed by atoms with Crippen LogP contribution in [0.2, 0.25) is 0 Å². The van der Waals surface area contributed by atoms with Crippen LogP contribution < -0.4 is 0 Å². The summed E-state index contributed by atoms with van der Waals surface area (Å²) < 4.78 is 10.0. The summed E-state index contributed by atoms with van der Waals surface area (Å²) in [5.41, 5.74) is 0.808. The predicted octanol–water partition coefficient (Wildman–Crippen LogP) is 3.07. The first-order valence-electron chi connectivity index (χ1n) is 7.18. The van der Waals surface area contributed by atoms with Crippen molar-refractivity contribution in [2.45, 2.75) is 34.1 Å². The highest BCUT2D eigenvalue weighted by molar-refractivity contribution is 5.99. The normalized spacial score (nSPS) is 11.0. The minimum atomic E-state index is -1.31. The second-order valence-electron chi connectivity index (χ2n) is 5.09. The van der Waals surface area contributed by atoms with E-state index >= 15 is 0 Å². The van der Waals surface area contributed by atoms with Gasteiger partial charge in [-0.2, -0.15) is 0 Å². The number of rotatable bonds is 7. The highest BCUT2D eigenvalue weighted by atomic mass is 16.6. The molecule has 1 aromatic rings. The molecule has 1 radical (unpaired) electrons. The van der Waals surface area contributed by atoms with Crippen molar-refractivity contribution < 1.29 is 19.1 Å². The van der Waals surface area contributed by atoms with E-state index in [1.807, 2.05) is 37.6 Å². The lowest BCUT2D eigenvalue weighted by Crippen LogP contribution is -2.39. The Morgan fingerprint density at radius 1 is 1.05 bits per heavy atom. The van der Waals surface area contributed by atoms with Gasteiger partial charge in [0.25, 0.3) is 0 Å². The van der Waals surface area contributed by atoms with E-state index in [1.165, 1.54) is 0 Å². The molecule has 0 saturated heterocycles. The van der Waals surface area contributed by atoms with Gasteiger partial charge in [-0.05, 0) is 46.1 Å². The van der Waals surface area contributed by atoms with Crippen molar-refractivity contribution in [3.63, 3.8) is 0 Å². The molecule has 0 heterocycles. The van der Waals surface area contributed by atoms with Crippen molar-refractivity contribution in [1.82, 2.24) is 0 Å². The number of esters is 2. The second kappa shape index (κ2) is 7.81. The van der Waals surface area contributed by atoms with Gasteiger partial charge in [-0.1, -0.05) is 29.8 Å². The molecule has 1 rings (SSSR count). The third-order valence-corrected chi connectivity index (χ3v) is 3.28. The Morgan fingerprint density at radius 2 is 1.52 bits per heavy atom. The quantitative estimate of drug-likeness (QED) is 0.572. The number of carbonyl (C=O) groups is 2. The van der Waals surface area contributed by atoms with Crippen LogP contribution >= 0.6 is 0 Å². The minimum Gasteiger partial charge on any atom is -0.465 e. The van der Waals surface area contributed by atoms with Crippen LogP contribution in [0.15, 0.2) is 24.3 Å². The van der Waals surface area contributed by atoms with Gasteiger partial charge < -0.3 is 9.47 Å². The SMILES string of the molecule is CCOC(=O)C(C)(C[CH]c1ccc(C)cc1)C(=O)OCC. The van der Waals surface area contributed by atoms with Crippen molar-refractivity contribution in [2.24, 2.45) is 5.41 Å². The fourth-order valence-corrected chi connectivity index (χ4v) is 1.86. The Morgan fingerprint density at radius 3 is 1.95 bits per heavy atom. The van der Waals surface area contributed by atoms with Gasteiger partial charge in [0.2, 0.25) is 0 Å². The van der Waals surface area contributed by atoms with Gasteiger partial charge in [-0.3, -0.25) is 9.59 Å². The summed E-state index contributed by atoms with van der Waals surface area (Å²) in [5.74, 6) is -1.10. The predicted molar refractivity (Wildman–Crippen MR) is 80.6 cm³/mol. The van der Waals surface area contributed by atoms with E-state index in [9.17, 15) is 9.59 Å². The summed E-state index contributed by atoms with van der Waals surface area (Å²) in [6.07, 6.45) is 2.10. The minimum absolute atomic E-state index is 0.234. The number of carbonyl (C=O) groups excluding carboxylic acids is 2. The smallest absolute Gasteiger partial charge is 0.323 e. The molecule has 0 unspecified atom stereocenters. The maximum atomic E-state index is 12.1. The van der Waals surface area contributed by atoms with Crippen LogP contribution in [0.1, 0.15) is 38.3 Å². The Balaban J connectivity index is 2.84. The molecule has 21 heavy (non-hydrogen) atoms.